The molecule has 1 amide bonds. The van der Waals surface area contributed by atoms with Gasteiger partial charge in [-0.3, -0.25) is 10.1 Å². The van der Waals surface area contributed by atoms with Crippen LogP contribution in [0.4, 0.5) is 18.3 Å². The Morgan fingerprint density at radius 3 is 2.55 bits per heavy atom. The normalized spacial score (nSPS) is 14.5. The zero-order chi connectivity index (χ0) is 27.2. The van der Waals surface area contributed by atoms with Crippen LogP contribution in [0.2, 0.25) is 0 Å². The van der Waals surface area contributed by atoms with Crippen molar-refractivity contribution in [2.24, 2.45) is 5.92 Å². The van der Waals surface area contributed by atoms with Crippen molar-refractivity contribution < 1.29 is 32.6 Å². The minimum absolute atomic E-state index is 0.120. The Morgan fingerprint density at radius 2 is 1.87 bits per heavy atom. The number of thiazole rings is 1. The number of hydrogen-bond donors (Lipinski definition) is 2. The Labute approximate surface area is 222 Å². The lowest BCUT2D eigenvalue weighted by Crippen LogP contribution is -2.13. The first-order chi connectivity index (χ1) is 18.2. The number of nitrogens with zero attached hydrogens (tertiary/aromatic N) is 1. The highest BCUT2D eigenvalue weighted by molar-refractivity contribution is 7.14. The molecule has 1 heterocycles. The van der Waals surface area contributed by atoms with Crippen molar-refractivity contribution in [2.45, 2.75) is 45.6 Å². The summed E-state index contributed by atoms with van der Waals surface area (Å²) >= 11 is 1.04. The van der Waals surface area contributed by atoms with Crippen LogP contribution in [-0.4, -0.2) is 28.6 Å². The number of carboxylic acids is 1. The van der Waals surface area contributed by atoms with E-state index in [1.165, 1.54) is 26.2 Å². The van der Waals surface area contributed by atoms with Gasteiger partial charge in [-0.05, 0) is 50.0 Å². The fourth-order valence-corrected chi connectivity index (χ4v) is 5.04. The van der Waals surface area contributed by atoms with E-state index in [2.05, 4.69) is 10.3 Å². The van der Waals surface area contributed by atoms with E-state index in [1.54, 1.807) is 23.6 Å². The first-order valence-corrected chi connectivity index (χ1v) is 13.1. The van der Waals surface area contributed by atoms with Gasteiger partial charge in [0.05, 0.1) is 12.3 Å². The maximum absolute atomic E-state index is 15.2. The molecule has 0 aliphatic heterocycles. The largest absolute Gasteiger partial charge is 0.478 e. The SMILES string of the molecule is C/C(=C\c1c(F)cc(C(=O)Nc2nc(-c3cccc(COCC4CCCCC4)c3F)cs2)cc1F)C(=O)O. The van der Waals surface area contributed by atoms with Gasteiger partial charge in [0, 0.05) is 39.8 Å². The van der Waals surface area contributed by atoms with Crippen LogP contribution in [-0.2, 0) is 16.1 Å². The predicted molar refractivity (Wildman–Crippen MR) is 139 cm³/mol. The second kappa shape index (κ2) is 12.4. The Morgan fingerprint density at radius 1 is 1.16 bits per heavy atom. The van der Waals surface area contributed by atoms with Crippen LogP contribution in [0, 0.1) is 23.4 Å². The van der Waals surface area contributed by atoms with Crippen LogP contribution in [0.3, 0.4) is 0 Å². The highest BCUT2D eigenvalue weighted by Gasteiger charge is 2.19. The average Bonchev–Trinajstić information content (AvgIpc) is 3.35. The predicted octanol–water partition coefficient (Wildman–Crippen LogP) is 7.06. The highest BCUT2D eigenvalue weighted by Crippen LogP contribution is 2.30. The van der Waals surface area contributed by atoms with Gasteiger partial charge in [-0.2, -0.15) is 0 Å². The topological polar surface area (TPSA) is 88.5 Å². The fourth-order valence-electron chi connectivity index (χ4n) is 4.33. The summed E-state index contributed by atoms with van der Waals surface area (Å²) in [5, 5.41) is 13.1. The third kappa shape index (κ3) is 6.68. The summed E-state index contributed by atoms with van der Waals surface area (Å²) in [4.78, 5) is 27.8. The van der Waals surface area contributed by atoms with Crippen molar-refractivity contribution in [1.82, 2.24) is 4.98 Å². The lowest BCUT2D eigenvalue weighted by atomic mass is 9.90. The molecule has 0 bridgehead atoms. The molecule has 200 valence electrons. The van der Waals surface area contributed by atoms with Gasteiger partial charge >= 0.3 is 5.97 Å². The fraction of sp³-hybridized carbons (Fsp3) is 0.321. The number of carbonyl (C=O) groups is 2. The molecule has 4 rings (SSSR count). The van der Waals surface area contributed by atoms with Gasteiger partial charge in [0.1, 0.15) is 17.5 Å². The van der Waals surface area contributed by atoms with Crippen LogP contribution >= 0.6 is 11.3 Å². The quantitative estimate of drug-likeness (QED) is 0.282. The summed E-state index contributed by atoms with van der Waals surface area (Å²) in [5.41, 5.74) is -0.166. The molecule has 2 N–H and O–H groups in total. The number of nitrogens with one attached hydrogen (secondary N) is 1. The van der Waals surface area contributed by atoms with E-state index in [9.17, 15) is 18.4 Å². The molecule has 1 fully saturated rings. The number of anilines is 1. The summed E-state index contributed by atoms with van der Waals surface area (Å²) in [6, 6.07) is 6.57. The molecular formula is C28H27F3N2O4S. The number of ether oxygens (including phenoxy) is 1. The van der Waals surface area contributed by atoms with Gasteiger partial charge in [-0.15, -0.1) is 11.3 Å². The number of amides is 1. The lowest BCUT2D eigenvalue weighted by Gasteiger charge is -2.21. The molecule has 38 heavy (non-hydrogen) atoms. The number of carboxylic acid groups (broad SMARTS) is 1. The van der Waals surface area contributed by atoms with Crippen molar-refractivity contribution in [3.63, 3.8) is 0 Å². The molecule has 1 aliphatic rings. The molecule has 1 aliphatic carbocycles. The first-order valence-electron chi connectivity index (χ1n) is 12.3. The summed E-state index contributed by atoms with van der Waals surface area (Å²) in [7, 11) is 0. The third-order valence-corrected chi connectivity index (χ3v) is 7.21. The van der Waals surface area contributed by atoms with Gasteiger partial charge in [0.2, 0.25) is 0 Å². The summed E-state index contributed by atoms with van der Waals surface area (Å²) in [6.07, 6.45) is 6.81. The number of rotatable bonds is 9. The van der Waals surface area contributed by atoms with Crippen molar-refractivity contribution in [2.75, 3.05) is 11.9 Å². The lowest BCUT2D eigenvalue weighted by molar-refractivity contribution is -0.132. The zero-order valence-electron chi connectivity index (χ0n) is 20.7. The first kappa shape index (κ1) is 27.5. The number of carbonyl (C=O) groups excluding carboxylic acids is 1. The minimum atomic E-state index is -1.32. The van der Waals surface area contributed by atoms with Crippen molar-refractivity contribution >= 4 is 34.4 Å². The van der Waals surface area contributed by atoms with Crippen molar-refractivity contribution in [1.29, 1.82) is 0 Å². The van der Waals surface area contributed by atoms with Gasteiger partial charge in [-0.25, -0.2) is 22.9 Å². The second-order valence-corrected chi connectivity index (χ2v) is 10.1. The molecule has 6 nitrogen and oxygen atoms in total. The maximum Gasteiger partial charge on any atom is 0.331 e. The molecule has 0 atom stereocenters. The number of benzene rings is 2. The molecule has 0 saturated heterocycles. The van der Waals surface area contributed by atoms with Crippen LogP contribution in [0.5, 0.6) is 0 Å². The van der Waals surface area contributed by atoms with Crippen molar-refractivity contribution in [3.8, 4) is 11.3 Å². The standard InChI is InChI=1S/C28H27F3N2O4S/c1-16(27(35)36)10-21-22(29)11-19(12-23(21)30)26(34)33-28-32-24(15-38-28)20-9-5-8-18(25(20)31)14-37-13-17-6-3-2-4-7-17/h5,8-12,15,17H,2-4,6-7,13-14H2,1H3,(H,35,36)(H,32,33,34)/b16-10+. The number of aliphatic carboxylic acids is 1. The van der Waals surface area contributed by atoms with Crippen molar-refractivity contribution in [3.05, 3.63) is 75.4 Å². The van der Waals surface area contributed by atoms with Gasteiger partial charge < -0.3 is 9.84 Å². The smallest absolute Gasteiger partial charge is 0.331 e. The van der Waals surface area contributed by atoms with Gasteiger partial charge in [0.25, 0.3) is 5.91 Å². The van der Waals surface area contributed by atoms with E-state index in [1.807, 2.05) is 0 Å². The molecule has 0 spiro atoms. The van der Waals surface area contributed by atoms with E-state index in [0.717, 1.165) is 42.4 Å². The van der Waals surface area contributed by atoms with E-state index in [4.69, 9.17) is 9.84 Å². The molecule has 0 radical (unpaired) electrons. The molecule has 1 saturated carbocycles. The molecule has 3 aromatic rings. The monoisotopic (exact) mass is 544 g/mol. The van der Waals surface area contributed by atoms with Crippen LogP contribution in [0.25, 0.3) is 17.3 Å². The minimum Gasteiger partial charge on any atom is -0.478 e. The molecule has 1 aromatic heterocycles. The number of halogens is 3. The van der Waals surface area contributed by atoms with E-state index in [0.29, 0.717) is 23.8 Å². The van der Waals surface area contributed by atoms with Crippen LogP contribution in [0.15, 0.2) is 41.3 Å². The number of aromatic nitrogens is 1. The molecule has 0 unspecified atom stereocenters. The van der Waals surface area contributed by atoms with E-state index < -0.39 is 34.9 Å². The Bertz CT molecular complexity index is 1340. The summed E-state index contributed by atoms with van der Waals surface area (Å²) < 4.78 is 49.8. The zero-order valence-corrected chi connectivity index (χ0v) is 21.5. The van der Waals surface area contributed by atoms with Crippen LogP contribution in [0.1, 0.15) is 60.5 Å². The Kier molecular flexibility index (Phi) is 8.96. The van der Waals surface area contributed by atoms with Gasteiger partial charge in [-0.1, -0.05) is 31.4 Å². The highest BCUT2D eigenvalue weighted by atomic mass is 32.1. The summed E-state index contributed by atoms with van der Waals surface area (Å²) in [5.74, 6) is -4.24. The average molecular weight is 545 g/mol. The number of hydrogen-bond acceptors (Lipinski definition) is 5. The molecule has 10 heteroatoms. The summed E-state index contributed by atoms with van der Waals surface area (Å²) in [6.45, 7) is 1.96. The molecular weight excluding hydrogens is 517 g/mol. The van der Waals surface area contributed by atoms with Gasteiger partial charge in [0.15, 0.2) is 5.13 Å². The second-order valence-electron chi connectivity index (χ2n) is 9.28. The maximum atomic E-state index is 15.2. The Balaban J connectivity index is 1.43. The van der Waals surface area contributed by atoms with E-state index >= 15 is 4.39 Å². The van der Waals surface area contributed by atoms with E-state index in [-0.39, 0.29) is 28.4 Å². The van der Waals surface area contributed by atoms with Crippen LogP contribution < -0.4 is 5.32 Å². The third-order valence-electron chi connectivity index (χ3n) is 6.45. The molecule has 2 aromatic carbocycles. The Hall–Kier alpha value is -3.50.